The zero-order valence-corrected chi connectivity index (χ0v) is 7.95. The highest BCUT2D eigenvalue weighted by Gasteiger charge is 2.08. The molecule has 1 rings (SSSR count). The van der Waals surface area contributed by atoms with Crippen LogP contribution < -0.4 is 11.3 Å². The number of nitrogens with one attached hydrogen (secondary N) is 1. The summed E-state index contributed by atoms with van der Waals surface area (Å²) < 4.78 is 5.01. The second-order valence-corrected chi connectivity index (χ2v) is 2.91. The van der Waals surface area contributed by atoms with Gasteiger partial charge in [0.2, 0.25) is 0 Å². The molecule has 0 saturated heterocycles. The van der Waals surface area contributed by atoms with E-state index in [1.165, 1.54) is 0 Å². The van der Waals surface area contributed by atoms with Gasteiger partial charge in [0.05, 0.1) is 12.6 Å². The van der Waals surface area contributed by atoms with Gasteiger partial charge in [0, 0.05) is 19.0 Å². The van der Waals surface area contributed by atoms with E-state index in [0.29, 0.717) is 6.61 Å². The fourth-order valence-corrected chi connectivity index (χ4v) is 1.09. The Bertz CT molecular complexity index is 248. The SMILES string of the molecule is COCC(NN)c1ccc(C)nc1. The molecule has 0 fully saturated rings. The monoisotopic (exact) mass is 181 g/mol. The maximum Gasteiger partial charge on any atom is 0.0708 e. The summed E-state index contributed by atoms with van der Waals surface area (Å²) in [5.41, 5.74) is 4.71. The third kappa shape index (κ3) is 2.77. The minimum atomic E-state index is 0.0121. The largest absolute Gasteiger partial charge is 0.383 e. The molecule has 1 heterocycles. The Morgan fingerprint density at radius 2 is 2.38 bits per heavy atom. The van der Waals surface area contributed by atoms with Gasteiger partial charge in [-0.1, -0.05) is 6.07 Å². The minimum absolute atomic E-state index is 0.0121. The average molecular weight is 181 g/mol. The van der Waals surface area contributed by atoms with E-state index in [1.807, 2.05) is 19.1 Å². The number of hydrogen-bond acceptors (Lipinski definition) is 4. The highest BCUT2D eigenvalue weighted by molar-refractivity contribution is 5.16. The van der Waals surface area contributed by atoms with E-state index < -0.39 is 0 Å². The number of pyridine rings is 1. The number of aryl methyl sites for hydroxylation is 1. The van der Waals surface area contributed by atoms with Crippen molar-refractivity contribution in [3.63, 3.8) is 0 Å². The van der Waals surface area contributed by atoms with Crippen LogP contribution in [0.1, 0.15) is 17.3 Å². The van der Waals surface area contributed by atoms with Gasteiger partial charge in [0.25, 0.3) is 0 Å². The summed E-state index contributed by atoms with van der Waals surface area (Å²) in [7, 11) is 1.64. The Labute approximate surface area is 78.1 Å². The summed E-state index contributed by atoms with van der Waals surface area (Å²) >= 11 is 0. The smallest absolute Gasteiger partial charge is 0.0708 e. The van der Waals surface area contributed by atoms with Crippen LogP contribution in [0.3, 0.4) is 0 Å². The normalized spacial score (nSPS) is 12.8. The first kappa shape index (κ1) is 10.1. The van der Waals surface area contributed by atoms with Crippen molar-refractivity contribution in [1.29, 1.82) is 0 Å². The number of nitrogens with zero attached hydrogens (tertiary/aromatic N) is 1. The second kappa shape index (κ2) is 4.91. The lowest BCUT2D eigenvalue weighted by molar-refractivity contribution is 0.167. The van der Waals surface area contributed by atoms with Crippen LogP contribution in [0.4, 0.5) is 0 Å². The van der Waals surface area contributed by atoms with Crippen molar-refractivity contribution in [2.24, 2.45) is 5.84 Å². The van der Waals surface area contributed by atoms with Crippen LogP contribution in [-0.4, -0.2) is 18.7 Å². The lowest BCUT2D eigenvalue weighted by Crippen LogP contribution is -2.31. The highest BCUT2D eigenvalue weighted by Crippen LogP contribution is 2.10. The molecule has 0 saturated carbocycles. The lowest BCUT2D eigenvalue weighted by atomic mass is 10.1. The molecule has 0 aromatic carbocycles. The molecule has 1 aromatic heterocycles. The van der Waals surface area contributed by atoms with E-state index in [4.69, 9.17) is 10.6 Å². The maximum atomic E-state index is 5.37. The van der Waals surface area contributed by atoms with Crippen molar-refractivity contribution in [2.75, 3.05) is 13.7 Å². The Balaban J connectivity index is 2.73. The quantitative estimate of drug-likeness (QED) is 0.526. The van der Waals surface area contributed by atoms with Gasteiger partial charge in [-0.3, -0.25) is 16.3 Å². The minimum Gasteiger partial charge on any atom is -0.383 e. The molecule has 72 valence electrons. The van der Waals surface area contributed by atoms with Crippen molar-refractivity contribution < 1.29 is 4.74 Å². The summed E-state index contributed by atoms with van der Waals surface area (Å²) in [5.74, 6) is 5.37. The van der Waals surface area contributed by atoms with Crippen molar-refractivity contribution in [2.45, 2.75) is 13.0 Å². The zero-order valence-electron chi connectivity index (χ0n) is 7.95. The van der Waals surface area contributed by atoms with E-state index in [0.717, 1.165) is 11.3 Å². The third-order valence-electron chi connectivity index (χ3n) is 1.87. The Hall–Kier alpha value is -0.970. The Kier molecular flexibility index (Phi) is 3.82. The number of methoxy groups -OCH3 is 1. The van der Waals surface area contributed by atoms with Gasteiger partial charge in [-0.25, -0.2) is 0 Å². The molecular formula is C9H15N3O. The summed E-state index contributed by atoms with van der Waals surface area (Å²) in [6, 6.07) is 3.96. The molecular weight excluding hydrogens is 166 g/mol. The molecule has 4 nitrogen and oxygen atoms in total. The molecule has 0 spiro atoms. The van der Waals surface area contributed by atoms with Crippen LogP contribution in [0.15, 0.2) is 18.3 Å². The van der Waals surface area contributed by atoms with Crippen molar-refractivity contribution >= 4 is 0 Å². The van der Waals surface area contributed by atoms with Crippen LogP contribution in [0.25, 0.3) is 0 Å². The van der Waals surface area contributed by atoms with Gasteiger partial charge < -0.3 is 4.74 Å². The summed E-state index contributed by atoms with van der Waals surface area (Å²) in [4.78, 5) is 4.18. The van der Waals surface area contributed by atoms with Crippen LogP contribution >= 0.6 is 0 Å². The van der Waals surface area contributed by atoms with Crippen molar-refractivity contribution in [1.82, 2.24) is 10.4 Å². The summed E-state index contributed by atoms with van der Waals surface area (Å²) in [6.07, 6.45) is 1.80. The van der Waals surface area contributed by atoms with E-state index in [1.54, 1.807) is 13.3 Å². The lowest BCUT2D eigenvalue weighted by Gasteiger charge is -2.14. The van der Waals surface area contributed by atoms with Crippen LogP contribution in [0.5, 0.6) is 0 Å². The molecule has 1 unspecified atom stereocenters. The topological polar surface area (TPSA) is 60.2 Å². The number of aromatic nitrogens is 1. The molecule has 3 N–H and O–H groups in total. The van der Waals surface area contributed by atoms with Gasteiger partial charge in [-0.15, -0.1) is 0 Å². The summed E-state index contributed by atoms with van der Waals surface area (Å²) in [5, 5.41) is 0. The van der Waals surface area contributed by atoms with Crippen molar-refractivity contribution in [3.05, 3.63) is 29.6 Å². The fraction of sp³-hybridized carbons (Fsp3) is 0.444. The molecule has 0 radical (unpaired) electrons. The predicted octanol–water partition coefficient (Wildman–Crippen LogP) is 0.541. The zero-order chi connectivity index (χ0) is 9.68. The van der Waals surface area contributed by atoms with Crippen LogP contribution in [-0.2, 0) is 4.74 Å². The van der Waals surface area contributed by atoms with Crippen LogP contribution in [0, 0.1) is 6.92 Å². The van der Waals surface area contributed by atoms with E-state index in [2.05, 4.69) is 10.4 Å². The first-order valence-corrected chi connectivity index (χ1v) is 4.15. The predicted molar refractivity (Wildman–Crippen MR) is 50.9 cm³/mol. The first-order valence-electron chi connectivity index (χ1n) is 4.15. The maximum absolute atomic E-state index is 5.37. The highest BCUT2D eigenvalue weighted by atomic mass is 16.5. The van der Waals surface area contributed by atoms with Crippen LogP contribution in [0.2, 0.25) is 0 Å². The number of ether oxygens (including phenoxy) is 1. The van der Waals surface area contributed by atoms with Gasteiger partial charge in [-0.05, 0) is 18.6 Å². The number of hydrazine groups is 1. The standard InChI is InChI=1S/C9H15N3O/c1-7-3-4-8(5-11-7)9(12-10)6-13-2/h3-5,9,12H,6,10H2,1-2H3. The molecule has 4 heteroatoms. The number of rotatable bonds is 4. The number of nitrogens with two attached hydrogens (primary N) is 1. The first-order chi connectivity index (χ1) is 6.27. The summed E-state index contributed by atoms with van der Waals surface area (Å²) in [6.45, 7) is 2.49. The fourth-order valence-electron chi connectivity index (χ4n) is 1.09. The molecule has 0 aliphatic heterocycles. The van der Waals surface area contributed by atoms with Gasteiger partial charge in [0.1, 0.15) is 0 Å². The Morgan fingerprint density at radius 3 is 2.85 bits per heavy atom. The molecule has 0 bridgehead atoms. The van der Waals surface area contributed by atoms with Gasteiger partial charge in [-0.2, -0.15) is 0 Å². The molecule has 1 atom stereocenters. The molecule has 0 aliphatic carbocycles. The van der Waals surface area contributed by atoms with Crippen molar-refractivity contribution in [3.8, 4) is 0 Å². The average Bonchev–Trinajstić information content (AvgIpc) is 2.16. The van der Waals surface area contributed by atoms with E-state index >= 15 is 0 Å². The third-order valence-corrected chi connectivity index (χ3v) is 1.87. The van der Waals surface area contributed by atoms with Gasteiger partial charge >= 0.3 is 0 Å². The van der Waals surface area contributed by atoms with E-state index in [-0.39, 0.29) is 6.04 Å². The van der Waals surface area contributed by atoms with E-state index in [9.17, 15) is 0 Å². The van der Waals surface area contributed by atoms with Gasteiger partial charge in [0.15, 0.2) is 0 Å². The molecule has 13 heavy (non-hydrogen) atoms. The molecule has 0 aliphatic rings. The molecule has 0 amide bonds. The number of hydrogen-bond donors (Lipinski definition) is 2. The molecule has 1 aromatic rings. The Morgan fingerprint density at radius 1 is 1.62 bits per heavy atom. The second-order valence-electron chi connectivity index (χ2n) is 2.91.